The minimum Gasteiger partial charge on any atom is -0.497 e. The molecule has 2 aromatic heterocycles. The Morgan fingerprint density at radius 2 is 2.08 bits per heavy atom. The summed E-state index contributed by atoms with van der Waals surface area (Å²) in [5.74, 6) is 2.57. The first kappa shape index (κ1) is 24.9. The summed E-state index contributed by atoms with van der Waals surface area (Å²) < 4.78 is 18.8. The number of methoxy groups -OCH3 is 2. The van der Waals surface area contributed by atoms with Crippen LogP contribution in [0, 0.1) is 0 Å². The Kier molecular flexibility index (Phi) is 7.95. The number of rotatable bonds is 9. The second kappa shape index (κ2) is 11.5. The van der Waals surface area contributed by atoms with Crippen LogP contribution in [0.4, 0.5) is 0 Å². The van der Waals surface area contributed by atoms with Crippen LogP contribution in [0.5, 0.6) is 11.5 Å². The molecule has 0 spiro atoms. The van der Waals surface area contributed by atoms with Crippen molar-refractivity contribution in [1.82, 2.24) is 14.5 Å². The van der Waals surface area contributed by atoms with Crippen LogP contribution >= 0.6 is 0 Å². The van der Waals surface area contributed by atoms with Crippen LogP contribution in [0.3, 0.4) is 0 Å². The molecule has 0 saturated heterocycles. The van der Waals surface area contributed by atoms with E-state index in [1.165, 1.54) is 0 Å². The van der Waals surface area contributed by atoms with Crippen molar-refractivity contribution >= 4 is 17.1 Å². The van der Waals surface area contributed by atoms with Gasteiger partial charge in [0.1, 0.15) is 23.9 Å². The van der Waals surface area contributed by atoms with Gasteiger partial charge in [-0.05, 0) is 61.3 Å². The Balaban J connectivity index is 1.75. The van der Waals surface area contributed by atoms with Gasteiger partial charge in [0.15, 0.2) is 5.82 Å². The predicted molar refractivity (Wildman–Crippen MR) is 141 cm³/mol. The number of aromatic nitrogens is 3. The molecule has 8 nitrogen and oxygen atoms in total. The lowest BCUT2D eigenvalue weighted by Crippen LogP contribution is -2.26. The number of pyridine rings is 1. The Morgan fingerprint density at radius 1 is 1.22 bits per heavy atom. The predicted octanol–water partition coefficient (Wildman–Crippen LogP) is 4.62. The van der Waals surface area contributed by atoms with Gasteiger partial charge in [0.25, 0.3) is 5.56 Å². The first-order valence-corrected chi connectivity index (χ1v) is 11.7. The van der Waals surface area contributed by atoms with Gasteiger partial charge in [0.05, 0.1) is 37.9 Å². The summed E-state index contributed by atoms with van der Waals surface area (Å²) in [6, 6.07) is 7.22. The maximum absolute atomic E-state index is 13.5. The van der Waals surface area contributed by atoms with Gasteiger partial charge in [0, 0.05) is 31.1 Å². The van der Waals surface area contributed by atoms with E-state index >= 15 is 0 Å². The smallest absolute Gasteiger partial charge is 0.261 e. The Morgan fingerprint density at radius 3 is 2.86 bits per heavy atom. The monoisotopic (exact) mass is 486 g/mol. The lowest BCUT2D eigenvalue weighted by molar-refractivity contribution is 0.194. The maximum Gasteiger partial charge on any atom is 0.261 e. The van der Waals surface area contributed by atoms with E-state index in [1.807, 2.05) is 31.2 Å². The molecule has 0 amide bonds. The zero-order valence-corrected chi connectivity index (χ0v) is 21.0. The number of hydrogen-bond acceptors (Lipinski definition) is 7. The summed E-state index contributed by atoms with van der Waals surface area (Å²) >= 11 is 0. The quantitative estimate of drug-likeness (QED) is 0.410. The summed E-state index contributed by atoms with van der Waals surface area (Å²) in [5.41, 5.74) is 3.40. The number of benzene rings is 1. The zero-order chi connectivity index (χ0) is 25.5. The van der Waals surface area contributed by atoms with Crippen LogP contribution in [0.2, 0.25) is 0 Å². The average molecular weight is 487 g/mol. The molecule has 0 unspecified atom stereocenters. The minimum atomic E-state index is -0.164. The first-order valence-electron chi connectivity index (χ1n) is 11.7. The van der Waals surface area contributed by atoms with Crippen molar-refractivity contribution in [2.75, 3.05) is 21.3 Å². The summed E-state index contributed by atoms with van der Waals surface area (Å²) in [7, 11) is 4.94. The third-order valence-corrected chi connectivity index (χ3v) is 6.09. The lowest BCUT2D eigenvalue weighted by atomic mass is 9.97. The van der Waals surface area contributed by atoms with Crippen LogP contribution in [-0.4, -0.2) is 42.0 Å². The van der Waals surface area contributed by atoms with Crippen LogP contribution in [0.1, 0.15) is 31.2 Å². The molecule has 1 aromatic carbocycles. The molecule has 0 bridgehead atoms. The Hall–Kier alpha value is -4.20. The van der Waals surface area contributed by atoms with Crippen molar-refractivity contribution in [3.63, 3.8) is 0 Å². The third-order valence-electron chi connectivity index (χ3n) is 6.09. The highest BCUT2D eigenvalue weighted by molar-refractivity contribution is 5.76. The second-order valence-corrected chi connectivity index (χ2v) is 8.32. The highest BCUT2D eigenvalue weighted by atomic mass is 16.5. The van der Waals surface area contributed by atoms with E-state index in [0.717, 1.165) is 35.3 Å². The molecule has 3 aromatic rings. The molecule has 4 rings (SSSR count). The number of nitrogens with zero attached hydrogens (tertiary/aromatic N) is 4. The number of allylic oxidation sites excluding steroid dienone is 5. The fourth-order valence-corrected chi connectivity index (χ4v) is 4.14. The van der Waals surface area contributed by atoms with Crippen molar-refractivity contribution < 1.29 is 14.2 Å². The van der Waals surface area contributed by atoms with Gasteiger partial charge >= 0.3 is 0 Å². The molecule has 0 aliphatic heterocycles. The van der Waals surface area contributed by atoms with Crippen molar-refractivity contribution in [2.45, 2.75) is 32.9 Å². The van der Waals surface area contributed by atoms with Crippen LogP contribution in [0.25, 0.3) is 10.9 Å². The summed E-state index contributed by atoms with van der Waals surface area (Å²) in [4.78, 5) is 26.5. The van der Waals surface area contributed by atoms with E-state index in [-0.39, 0.29) is 18.7 Å². The topological polar surface area (TPSA) is 87.8 Å². The largest absolute Gasteiger partial charge is 0.497 e. The fourth-order valence-electron chi connectivity index (χ4n) is 4.14. The van der Waals surface area contributed by atoms with E-state index in [9.17, 15) is 4.79 Å². The SMILES string of the molecule is CN=C/C=C(\C)C1=C(OCc2nc3cnccc3c(=O)n2Cc2ccc(OC)cc2OC)C=CCC1. The molecule has 2 heterocycles. The van der Waals surface area contributed by atoms with E-state index in [4.69, 9.17) is 19.2 Å². The molecular weight excluding hydrogens is 456 g/mol. The molecule has 36 heavy (non-hydrogen) atoms. The molecular formula is C28H30N4O4. The Bertz CT molecular complexity index is 1430. The number of aliphatic imine (C=N–C) groups is 1. The van der Waals surface area contributed by atoms with Crippen molar-refractivity contribution in [3.8, 4) is 11.5 Å². The summed E-state index contributed by atoms with van der Waals surface area (Å²) in [6.45, 7) is 2.44. The van der Waals surface area contributed by atoms with Crippen molar-refractivity contribution in [2.24, 2.45) is 4.99 Å². The average Bonchev–Trinajstić information content (AvgIpc) is 2.92. The van der Waals surface area contributed by atoms with E-state index in [2.05, 4.69) is 16.1 Å². The zero-order valence-electron chi connectivity index (χ0n) is 21.0. The van der Waals surface area contributed by atoms with Gasteiger partial charge in [-0.25, -0.2) is 4.98 Å². The molecule has 186 valence electrons. The van der Waals surface area contributed by atoms with Gasteiger partial charge in [-0.3, -0.25) is 19.3 Å². The third kappa shape index (κ3) is 5.38. The van der Waals surface area contributed by atoms with Gasteiger partial charge in [0.2, 0.25) is 0 Å². The van der Waals surface area contributed by atoms with Gasteiger partial charge in [-0.1, -0.05) is 6.08 Å². The summed E-state index contributed by atoms with van der Waals surface area (Å²) in [6.07, 6.45) is 12.8. The highest BCUT2D eigenvalue weighted by Gasteiger charge is 2.17. The molecule has 1 aliphatic rings. The molecule has 0 atom stereocenters. The van der Waals surface area contributed by atoms with E-state index < -0.39 is 0 Å². The lowest BCUT2D eigenvalue weighted by Gasteiger charge is -2.19. The first-order chi connectivity index (χ1) is 17.5. The van der Waals surface area contributed by atoms with E-state index in [0.29, 0.717) is 28.2 Å². The number of hydrogen-bond donors (Lipinski definition) is 0. The Labute approximate surface area is 210 Å². The fraction of sp³-hybridized carbons (Fsp3) is 0.286. The molecule has 0 saturated carbocycles. The molecule has 0 N–H and O–H groups in total. The molecule has 1 aliphatic carbocycles. The van der Waals surface area contributed by atoms with Gasteiger partial charge < -0.3 is 14.2 Å². The second-order valence-electron chi connectivity index (χ2n) is 8.32. The van der Waals surface area contributed by atoms with Crippen LogP contribution in [-0.2, 0) is 17.9 Å². The highest BCUT2D eigenvalue weighted by Crippen LogP contribution is 2.28. The van der Waals surface area contributed by atoms with Gasteiger partial charge in [-0.15, -0.1) is 0 Å². The number of fused-ring (bicyclic) bond motifs is 1. The number of ether oxygens (including phenoxy) is 3. The molecule has 0 fully saturated rings. The normalized spacial score (nSPS) is 14.1. The van der Waals surface area contributed by atoms with Crippen molar-refractivity contribution in [1.29, 1.82) is 0 Å². The van der Waals surface area contributed by atoms with Gasteiger partial charge in [-0.2, -0.15) is 0 Å². The van der Waals surface area contributed by atoms with E-state index in [1.54, 1.807) is 56.6 Å². The minimum absolute atomic E-state index is 0.122. The summed E-state index contributed by atoms with van der Waals surface area (Å²) in [5, 5.41) is 0.497. The standard InChI is InChI=1S/C28H30N4O4/c1-19(11-13-29-2)22-7-5-6-8-25(22)36-18-27-31-24-16-30-14-12-23(24)28(33)32(27)17-20-9-10-21(34-3)15-26(20)35-4/h6,8-16H,5,7,17-18H2,1-4H3/b19-11+,29-13?. The van der Waals surface area contributed by atoms with Crippen LogP contribution < -0.4 is 15.0 Å². The molecule has 0 radical (unpaired) electrons. The van der Waals surface area contributed by atoms with Crippen LogP contribution in [0.15, 0.2) is 81.6 Å². The molecule has 8 heteroatoms. The van der Waals surface area contributed by atoms with Crippen molar-refractivity contribution in [3.05, 3.63) is 93.5 Å². The maximum atomic E-state index is 13.5.